The van der Waals surface area contributed by atoms with Gasteiger partial charge in [0.15, 0.2) is 0 Å². The van der Waals surface area contributed by atoms with Crippen LogP contribution in [0.1, 0.15) is 50.5 Å². The first kappa shape index (κ1) is 25.2. The zero-order valence-corrected chi connectivity index (χ0v) is 20.3. The molecule has 0 radical (unpaired) electrons. The van der Waals surface area contributed by atoms with Crippen LogP contribution in [0.5, 0.6) is 5.75 Å². The Bertz CT molecular complexity index is 1170. The van der Waals surface area contributed by atoms with Crippen molar-refractivity contribution in [2.75, 3.05) is 20.8 Å². The third-order valence-corrected chi connectivity index (χ3v) is 6.34. The Hall–Kier alpha value is -3.43. The highest BCUT2D eigenvalue weighted by Gasteiger charge is 2.22. The van der Waals surface area contributed by atoms with E-state index < -0.39 is 17.2 Å². The van der Waals surface area contributed by atoms with Crippen LogP contribution >= 0.6 is 11.3 Å². The van der Waals surface area contributed by atoms with Gasteiger partial charge in [-0.1, -0.05) is 31.2 Å². The lowest BCUT2D eigenvalue weighted by Crippen LogP contribution is -2.36. The number of hydrogen-bond donors (Lipinski definition) is 2. The molecule has 180 valence electrons. The fraction of sp³-hybridized carbons (Fsp3) is 0.320. The van der Waals surface area contributed by atoms with Gasteiger partial charge in [0.25, 0.3) is 11.8 Å². The summed E-state index contributed by atoms with van der Waals surface area (Å²) in [4.78, 5) is 40.3. The van der Waals surface area contributed by atoms with Crippen molar-refractivity contribution >= 4 is 23.2 Å². The molecule has 1 atom stereocenters. The van der Waals surface area contributed by atoms with Crippen LogP contribution < -0.4 is 20.8 Å². The van der Waals surface area contributed by atoms with Crippen molar-refractivity contribution in [3.63, 3.8) is 0 Å². The molecule has 9 heteroatoms. The highest BCUT2D eigenvalue weighted by Crippen LogP contribution is 2.22. The first-order valence-corrected chi connectivity index (χ1v) is 11.8. The molecule has 2 heterocycles. The molecular weight excluding hydrogens is 454 g/mol. The number of aromatic nitrogens is 1. The molecule has 0 saturated carbocycles. The number of ether oxygens (including phenoxy) is 2. The normalized spacial score (nSPS) is 11.6. The minimum absolute atomic E-state index is 0.0870. The Balaban J connectivity index is 1.87. The van der Waals surface area contributed by atoms with E-state index in [1.807, 2.05) is 42.6 Å². The second-order valence-electron chi connectivity index (χ2n) is 7.59. The Kier molecular flexibility index (Phi) is 9.00. The molecule has 3 rings (SSSR count). The zero-order chi connectivity index (χ0) is 24.5. The van der Waals surface area contributed by atoms with E-state index in [0.29, 0.717) is 25.3 Å². The lowest BCUT2D eigenvalue weighted by atomic mass is 10.1. The van der Waals surface area contributed by atoms with Gasteiger partial charge in [0, 0.05) is 43.0 Å². The van der Waals surface area contributed by atoms with Crippen LogP contribution in [0.2, 0.25) is 0 Å². The third kappa shape index (κ3) is 6.12. The maximum Gasteiger partial charge on any atom is 0.257 e. The number of amides is 2. The summed E-state index contributed by atoms with van der Waals surface area (Å²) in [7, 11) is 3.11. The SMILES string of the molecule is CC[C@H](NC(=O)c1cn(CCOC)cc(C(=O)NCc2ccccc2OC)c1=O)c1cccs1. The molecule has 0 spiro atoms. The molecule has 2 amide bonds. The van der Waals surface area contributed by atoms with Crippen molar-refractivity contribution in [1.29, 1.82) is 0 Å². The van der Waals surface area contributed by atoms with Crippen LogP contribution in [0, 0.1) is 0 Å². The maximum absolute atomic E-state index is 13.2. The molecule has 0 bridgehead atoms. The Morgan fingerprint density at radius 1 is 1.06 bits per heavy atom. The monoisotopic (exact) mass is 483 g/mol. The predicted molar refractivity (Wildman–Crippen MR) is 132 cm³/mol. The van der Waals surface area contributed by atoms with Crippen LogP contribution in [0.15, 0.2) is 59.0 Å². The summed E-state index contributed by atoms with van der Waals surface area (Å²) in [5.74, 6) is -0.453. The molecule has 0 aliphatic rings. The first-order chi connectivity index (χ1) is 16.5. The summed E-state index contributed by atoms with van der Waals surface area (Å²) in [6.45, 7) is 2.88. The number of para-hydroxylation sites is 1. The zero-order valence-electron chi connectivity index (χ0n) is 19.5. The summed E-state index contributed by atoms with van der Waals surface area (Å²) in [6.07, 6.45) is 3.59. The number of benzene rings is 1. The lowest BCUT2D eigenvalue weighted by Gasteiger charge is -2.17. The van der Waals surface area contributed by atoms with E-state index in [1.165, 1.54) is 23.7 Å². The summed E-state index contributed by atoms with van der Waals surface area (Å²) in [5, 5.41) is 7.63. The van der Waals surface area contributed by atoms with Gasteiger partial charge in [0.05, 0.1) is 19.8 Å². The fourth-order valence-corrected chi connectivity index (χ4v) is 4.36. The smallest absolute Gasteiger partial charge is 0.257 e. The van der Waals surface area contributed by atoms with Crippen LogP contribution in [0.3, 0.4) is 0 Å². The largest absolute Gasteiger partial charge is 0.496 e. The van der Waals surface area contributed by atoms with Crippen molar-refractivity contribution in [2.24, 2.45) is 0 Å². The molecule has 34 heavy (non-hydrogen) atoms. The molecule has 3 aromatic rings. The highest BCUT2D eigenvalue weighted by atomic mass is 32.1. The number of rotatable bonds is 11. The van der Waals surface area contributed by atoms with Crippen molar-refractivity contribution in [3.8, 4) is 5.75 Å². The minimum Gasteiger partial charge on any atom is -0.496 e. The van der Waals surface area contributed by atoms with E-state index >= 15 is 0 Å². The van der Waals surface area contributed by atoms with E-state index in [2.05, 4.69) is 10.6 Å². The molecule has 0 aliphatic heterocycles. The topological polar surface area (TPSA) is 98.7 Å². The van der Waals surface area contributed by atoms with Crippen molar-refractivity contribution in [1.82, 2.24) is 15.2 Å². The number of hydrogen-bond acceptors (Lipinski definition) is 6. The van der Waals surface area contributed by atoms with Gasteiger partial charge in [-0.25, -0.2) is 0 Å². The number of carbonyl (C=O) groups is 2. The van der Waals surface area contributed by atoms with Gasteiger partial charge in [0.1, 0.15) is 16.9 Å². The number of pyridine rings is 1. The average molecular weight is 484 g/mol. The third-order valence-electron chi connectivity index (χ3n) is 5.35. The van der Waals surface area contributed by atoms with E-state index in [1.54, 1.807) is 24.9 Å². The maximum atomic E-state index is 13.2. The molecule has 0 aliphatic carbocycles. The molecule has 0 fully saturated rings. The molecule has 0 saturated heterocycles. The fourth-order valence-electron chi connectivity index (χ4n) is 3.50. The lowest BCUT2D eigenvalue weighted by molar-refractivity contribution is 0.0933. The molecule has 8 nitrogen and oxygen atoms in total. The van der Waals surface area contributed by atoms with E-state index in [0.717, 1.165) is 10.4 Å². The standard InChI is InChI=1S/C25H29N3O5S/c1-4-20(22-10-7-13-34-22)27-25(31)19-16-28(11-12-32-2)15-18(23(19)29)24(30)26-14-17-8-5-6-9-21(17)33-3/h5-10,13,15-16,20H,4,11-12,14H2,1-3H3,(H,26,30)(H,27,31)/t20-/m0/s1. The van der Waals surface area contributed by atoms with Gasteiger partial charge < -0.3 is 24.7 Å². The van der Waals surface area contributed by atoms with Crippen LogP contribution in [0.4, 0.5) is 0 Å². The summed E-state index contributed by atoms with van der Waals surface area (Å²) >= 11 is 1.54. The van der Waals surface area contributed by atoms with E-state index in [-0.39, 0.29) is 23.7 Å². The van der Waals surface area contributed by atoms with Crippen LogP contribution in [0.25, 0.3) is 0 Å². The van der Waals surface area contributed by atoms with E-state index in [4.69, 9.17) is 9.47 Å². The van der Waals surface area contributed by atoms with Gasteiger partial charge in [-0.3, -0.25) is 14.4 Å². The summed E-state index contributed by atoms with van der Waals surface area (Å²) in [5.41, 5.74) is -0.0442. The molecule has 1 aromatic carbocycles. The summed E-state index contributed by atoms with van der Waals surface area (Å²) < 4.78 is 12.1. The van der Waals surface area contributed by atoms with Gasteiger partial charge in [-0.2, -0.15) is 0 Å². The van der Waals surface area contributed by atoms with E-state index in [9.17, 15) is 14.4 Å². The average Bonchev–Trinajstić information content (AvgIpc) is 3.40. The Morgan fingerprint density at radius 3 is 2.44 bits per heavy atom. The van der Waals surface area contributed by atoms with Crippen LogP contribution in [-0.4, -0.2) is 37.2 Å². The number of methoxy groups -OCH3 is 2. The molecule has 2 aromatic heterocycles. The van der Waals surface area contributed by atoms with Crippen molar-refractivity contribution in [3.05, 3.63) is 86.0 Å². The van der Waals surface area contributed by atoms with Crippen LogP contribution in [-0.2, 0) is 17.8 Å². The van der Waals surface area contributed by atoms with Gasteiger partial charge >= 0.3 is 0 Å². The Labute approximate surface area is 202 Å². The van der Waals surface area contributed by atoms with Gasteiger partial charge in [-0.05, 0) is 23.9 Å². The number of nitrogens with one attached hydrogen (secondary N) is 2. The second-order valence-corrected chi connectivity index (χ2v) is 8.57. The van der Waals surface area contributed by atoms with Crippen molar-refractivity contribution in [2.45, 2.75) is 32.5 Å². The predicted octanol–water partition coefficient (Wildman–Crippen LogP) is 3.38. The number of thiophene rings is 1. The van der Waals surface area contributed by atoms with Gasteiger partial charge in [-0.15, -0.1) is 11.3 Å². The molecular formula is C25H29N3O5S. The number of carbonyl (C=O) groups excluding carboxylic acids is 2. The molecule has 2 N–H and O–H groups in total. The first-order valence-electron chi connectivity index (χ1n) is 11.0. The minimum atomic E-state index is -0.621. The second kappa shape index (κ2) is 12.2. The van der Waals surface area contributed by atoms with Gasteiger partial charge in [0.2, 0.25) is 5.43 Å². The molecule has 0 unspecified atom stereocenters. The van der Waals surface area contributed by atoms with Crippen molar-refractivity contribution < 1.29 is 19.1 Å². The quantitative estimate of drug-likeness (QED) is 0.436. The summed E-state index contributed by atoms with van der Waals surface area (Å²) in [6, 6.07) is 10.9. The Morgan fingerprint density at radius 2 is 1.79 bits per heavy atom. The highest BCUT2D eigenvalue weighted by molar-refractivity contribution is 7.10. The number of nitrogens with zero attached hydrogens (tertiary/aromatic N) is 1.